The number of carbonyl (C=O) groups is 1. The molecule has 1 N–H and O–H groups in total. The molecule has 1 heterocycles. The highest BCUT2D eigenvalue weighted by molar-refractivity contribution is 5.92. The lowest BCUT2D eigenvalue weighted by atomic mass is 10.1. The van der Waals surface area contributed by atoms with Crippen LogP contribution in [0.15, 0.2) is 66.9 Å². The van der Waals surface area contributed by atoms with Gasteiger partial charge < -0.3 is 14.8 Å². The van der Waals surface area contributed by atoms with Crippen molar-refractivity contribution in [2.75, 3.05) is 12.4 Å². The lowest BCUT2D eigenvalue weighted by Gasteiger charge is -2.09. The van der Waals surface area contributed by atoms with Crippen molar-refractivity contribution in [2.45, 2.75) is 13.3 Å². The molecule has 5 nitrogen and oxygen atoms in total. The fourth-order valence-electron chi connectivity index (χ4n) is 2.43. The number of methoxy groups -OCH3 is 1. The average Bonchev–Trinajstić information content (AvgIpc) is 2.64. The number of ether oxygens (including phenoxy) is 2. The number of aryl methyl sites for hydroxylation is 1. The second kappa shape index (κ2) is 8.16. The number of rotatable bonds is 6. The van der Waals surface area contributed by atoms with Crippen molar-refractivity contribution in [3.05, 3.63) is 78.0 Å². The van der Waals surface area contributed by atoms with E-state index in [1.807, 2.05) is 55.5 Å². The molecule has 0 saturated carbocycles. The zero-order valence-electron chi connectivity index (χ0n) is 14.7. The number of pyridine rings is 1. The minimum Gasteiger partial charge on any atom is -0.481 e. The van der Waals surface area contributed by atoms with Crippen molar-refractivity contribution < 1.29 is 14.3 Å². The predicted molar refractivity (Wildman–Crippen MR) is 101 cm³/mol. The largest absolute Gasteiger partial charge is 0.481 e. The highest BCUT2D eigenvalue weighted by Gasteiger charge is 2.06. The molecular formula is C21H20N2O3. The number of aromatic nitrogens is 1. The van der Waals surface area contributed by atoms with Crippen LogP contribution in [0, 0.1) is 6.92 Å². The summed E-state index contributed by atoms with van der Waals surface area (Å²) in [6.45, 7) is 2.03. The van der Waals surface area contributed by atoms with Crippen molar-refractivity contribution in [1.82, 2.24) is 4.98 Å². The lowest BCUT2D eigenvalue weighted by molar-refractivity contribution is -0.115. The Morgan fingerprint density at radius 2 is 1.85 bits per heavy atom. The third-order valence-corrected chi connectivity index (χ3v) is 3.75. The number of amides is 1. The first-order valence-electron chi connectivity index (χ1n) is 8.26. The molecule has 5 heteroatoms. The van der Waals surface area contributed by atoms with Gasteiger partial charge in [-0.3, -0.25) is 4.79 Å². The van der Waals surface area contributed by atoms with Gasteiger partial charge in [0.25, 0.3) is 0 Å². The summed E-state index contributed by atoms with van der Waals surface area (Å²) in [5.74, 6) is 1.85. The summed E-state index contributed by atoms with van der Waals surface area (Å²) in [6, 6.07) is 18.8. The first-order valence-corrected chi connectivity index (χ1v) is 8.26. The van der Waals surface area contributed by atoms with E-state index < -0.39 is 0 Å². The first kappa shape index (κ1) is 17.5. The third-order valence-electron chi connectivity index (χ3n) is 3.75. The number of nitrogens with zero attached hydrogens (tertiary/aromatic N) is 1. The summed E-state index contributed by atoms with van der Waals surface area (Å²) in [5, 5.41) is 2.82. The predicted octanol–water partition coefficient (Wildman–Crippen LogP) is 4.37. The monoisotopic (exact) mass is 348 g/mol. The van der Waals surface area contributed by atoms with E-state index in [-0.39, 0.29) is 12.3 Å². The van der Waals surface area contributed by atoms with Crippen molar-refractivity contribution in [3.63, 3.8) is 0 Å². The quantitative estimate of drug-likeness (QED) is 0.718. The average molecular weight is 348 g/mol. The maximum absolute atomic E-state index is 12.2. The Bertz CT molecular complexity index is 875. The highest BCUT2D eigenvalue weighted by Crippen LogP contribution is 2.23. The van der Waals surface area contributed by atoms with Crippen LogP contribution in [0.2, 0.25) is 0 Å². The van der Waals surface area contributed by atoms with E-state index in [1.165, 1.54) is 5.56 Å². The molecule has 0 atom stereocenters. The Morgan fingerprint density at radius 1 is 1.04 bits per heavy atom. The van der Waals surface area contributed by atoms with Crippen molar-refractivity contribution >= 4 is 11.6 Å². The molecule has 0 aliphatic heterocycles. The number of nitrogens with one attached hydrogen (secondary N) is 1. The molecule has 26 heavy (non-hydrogen) atoms. The first-order chi connectivity index (χ1) is 12.6. The molecule has 0 saturated heterocycles. The van der Waals surface area contributed by atoms with Crippen LogP contribution in [0.1, 0.15) is 11.1 Å². The number of carbonyl (C=O) groups excluding carboxylic acids is 1. The van der Waals surface area contributed by atoms with Gasteiger partial charge in [0.1, 0.15) is 11.5 Å². The number of hydrogen-bond donors (Lipinski definition) is 1. The molecular weight excluding hydrogens is 328 g/mol. The molecule has 1 aromatic heterocycles. The molecule has 0 spiro atoms. The van der Waals surface area contributed by atoms with E-state index in [4.69, 9.17) is 9.47 Å². The van der Waals surface area contributed by atoms with Crippen molar-refractivity contribution in [2.24, 2.45) is 0 Å². The van der Waals surface area contributed by atoms with E-state index in [2.05, 4.69) is 10.3 Å². The van der Waals surface area contributed by atoms with Gasteiger partial charge in [-0.15, -0.1) is 0 Å². The molecule has 0 radical (unpaired) electrons. The lowest BCUT2D eigenvalue weighted by Crippen LogP contribution is -2.14. The minimum absolute atomic E-state index is 0.121. The number of anilines is 1. The van der Waals surface area contributed by atoms with E-state index in [0.717, 1.165) is 11.3 Å². The summed E-state index contributed by atoms with van der Waals surface area (Å²) >= 11 is 0. The van der Waals surface area contributed by atoms with E-state index >= 15 is 0 Å². The summed E-state index contributed by atoms with van der Waals surface area (Å²) in [6.07, 6.45) is 1.81. The molecule has 0 unspecified atom stereocenters. The van der Waals surface area contributed by atoms with Crippen LogP contribution in [0.25, 0.3) is 0 Å². The SMILES string of the molecule is COc1ccc(NC(=O)Cc2cccc(Oc3ccc(C)cc3)c2)cn1. The molecule has 3 aromatic rings. The Morgan fingerprint density at radius 3 is 2.54 bits per heavy atom. The molecule has 2 aromatic carbocycles. The zero-order chi connectivity index (χ0) is 18.4. The van der Waals surface area contributed by atoms with E-state index in [1.54, 1.807) is 25.4 Å². The van der Waals surface area contributed by atoms with Crippen molar-refractivity contribution in [1.29, 1.82) is 0 Å². The van der Waals surface area contributed by atoms with Gasteiger partial charge in [0.05, 0.1) is 25.4 Å². The zero-order valence-corrected chi connectivity index (χ0v) is 14.7. The fourth-order valence-corrected chi connectivity index (χ4v) is 2.43. The van der Waals surface area contributed by atoms with Crippen LogP contribution < -0.4 is 14.8 Å². The van der Waals surface area contributed by atoms with Crippen LogP contribution in [-0.2, 0) is 11.2 Å². The smallest absolute Gasteiger partial charge is 0.228 e. The van der Waals surface area contributed by atoms with Gasteiger partial charge in [0, 0.05) is 6.07 Å². The second-order valence-electron chi connectivity index (χ2n) is 5.88. The summed E-state index contributed by atoms with van der Waals surface area (Å²) in [4.78, 5) is 16.3. The maximum Gasteiger partial charge on any atom is 0.228 e. The van der Waals surface area contributed by atoms with Gasteiger partial charge in [0.2, 0.25) is 11.8 Å². The van der Waals surface area contributed by atoms with Crippen LogP contribution in [-0.4, -0.2) is 18.0 Å². The molecule has 0 aliphatic carbocycles. The van der Waals surface area contributed by atoms with Gasteiger partial charge in [-0.25, -0.2) is 4.98 Å². The molecule has 0 fully saturated rings. The Hall–Kier alpha value is -3.34. The standard InChI is InChI=1S/C21H20N2O3/c1-15-6-9-18(10-7-15)26-19-5-3-4-16(12-19)13-20(24)23-17-8-11-21(25-2)22-14-17/h3-12,14H,13H2,1-2H3,(H,23,24). The van der Waals surface area contributed by atoms with Gasteiger partial charge in [-0.1, -0.05) is 29.8 Å². The molecule has 0 bridgehead atoms. The minimum atomic E-state index is -0.121. The van der Waals surface area contributed by atoms with Crippen LogP contribution in [0.5, 0.6) is 17.4 Å². The third kappa shape index (κ3) is 4.83. The molecule has 1 amide bonds. The summed E-state index contributed by atoms with van der Waals surface area (Å²) in [5.41, 5.74) is 2.67. The van der Waals surface area contributed by atoms with Gasteiger partial charge >= 0.3 is 0 Å². The maximum atomic E-state index is 12.2. The molecule has 0 aliphatic rings. The topological polar surface area (TPSA) is 60.5 Å². The van der Waals surface area contributed by atoms with Crippen molar-refractivity contribution in [3.8, 4) is 17.4 Å². The van der Waals surface area contributed by atoms with Gasteiger partial charge in [0.15, 0.2) is 0 Å². The molecule has 132 valence electrons. The van der Waals surface area contributed by atoms with Crippen LogP contribution >= 0.6 is 0 Å². The van der Waals surface area contributed by atoms with Crippen LogP contribution in [0.4, 0.5) is 5.69 Å². The number of hydrogen-bond acceptors (Lipinski definition) is 4. The Balaban J connectivity index is 1.62. The van der Waals surface area contributed by atoms with Gasteiger partial charge in [-0.2, -0.15) is 0 Å². The van der Waals surface area contributed by atoms with E-state index in [0.29, 0.717) is 17.3 Å². The Kier molecular flexibility index (Phi) is 5.49. The summed E-state index contributed by atoms with van der Waals surface area (Å²) in [7, 11) is 1.55. The number of benzene rings is 2. The second-order valence-corrected chi connectivity index (χ2v) is 5.88. The van der Waals surface area contributed by atoms with Crippen LogP contribution in [0.3, 0.4) is 0 Å². The summed E-state index contributed by atoms with van der Waals surface area (Å²) < 4.78 is 10.8. The highest BCUT2D eigenvalue weighted by atomic mass is 16.5. The molecule has 3 rings (SSSR count). The fraction of sp³-hybridized carbons (Fsp3) is 0.143. The van der Waals surface area contributed by atoms with E-state index in [9.17, 15) is 4.79 Å². The Labute approximate surface area is 152 Å². The van der Waals surface area contributed by atoms with Gasteiger partial charge in [-0.05, 0) is 42.8 Å². The normalized spacial score (nSPS) is 10.2.